The first-order valence-electron chi connectivity index (χ1n) is 9.19. The maximum absolute atomic E-state index is 12.3. The maximum atomic E-state index is 12.3. The molecule has 4 heteroatoms. The Morgan fingerprint density at radius 2 is 1.92 bits per heavy atom. The van der Waals surface area contributed by atoms with Crippen LogP contribution in [0.5, 0.6) is 0 Å². The summed E-state index contributed by atoms with van der Waals surface area (Å²) in [5.74, 6) is 0.468. The summed E-state index contributed by atoms with van der Waals surface area (Å²) in [5.41, 5.74) is 1.40. The molecule has 4 nitrogen and oxygen atoms in total. The molecule has 0 aliphatic carbocycles. The van der Waals surface area contributed by atoms with E-state index < -0.39 is 0 Å². The van der Waals surface area contributed by atoms with Crippen molar-refractivity contribution in [2.75, 3.05) is 32.7 Å². The number of likely N-dealkylation sites (tertiary alicyclic amines) is 2. The lowest BCUT2D eigenvalue weighted by atomic mass is 10.0. The zero-order valence-corrected chi connectivity index (χ0v) is 14.5. The smallest absolute Gasteiger partial charge is 0.317 e. The van der Waals surface area contributed by atoms with Gasteiger partial charge in [0, 0.05) is 38.8 Å². The van der Waals surface area contributed by atoms with Gasteiger partial charge in [-0.15, -0.1) is 6.58 Å². The predicted molar refractivity (Wildman–Crippen MR) is 98.0 cm³/mol. The van der Waals surface area contributed by atoms with Crippen molar-refractivity contribution in [3.8, 4) is 0 Å². The van der Waals surface area contributed by atoms with Crippen LogP contribution in [0.15, 0.2) is 43.0 Å². The fourth-order valence-corrected chi connectivity index (χ4v) is 3.66. The van der Waals surface area contributed by atoms with E-state index in [4.69, 9.17) is 0 Å². The van der Waals surface area contributed by atoms with Crippen LogP contribution in [0.1, 0.15) is 24.8 Å². The largest absolute Gasteiger partial charge is 0.335 e. The highest BCUT2D eigenvalue weighted by molar-refractivity contribution is 5.74. The number of amides is 2. The van der Waals surface area contributed by atoms with Crippen molar-refractivity contribution in [1.29, 1.82) is 0 Å². The Labute approximate surface area is 145 Å². The quantitative estimate of drug-likeness (QED) is 0.844. The number of nitrogens with one attached hydrogen (secondary N) is 1. The Morgan fingerprint density at radius 1 is 1.17 bits per heavy atom. The lowest BCUT2D eigenvalue weighted by Gasteiger charge is -2.33. The Hall–Kier alpha value is -1.81. The number of benzene rings is 1. The van der Waals surface area contributed by atoms with E-state index in [9.17, 15) is 4.79 Å². The number of hydrogen-bond acceptors (Lipinski definition) is 2. The molecule has 2 amide bonds. The molecule has 0 saturated carbocycles. The van der Waals surface area contributed by atoms with Gasteiger partial charge in [0.1, 0.15) is 0 Å². The van der Waals surface area contributed by atoms with E-state index in [1.165, 1.54) is 5.56 Å². The summed E-state index contributed by atoms with van der Waals surface area (Å²) in [5, 5.41) is 3.23. The van der Waals surface area contributed by atoms with Gasteiger partial charge in [-0.3, -0.25) is 0 Å². The Kier molecular flexibility index (Phi) is 5.91. The van der Waals surface area contributed by atoms with Gasteiger partial charge in [-0.2, -0.15) is 0 Å². The molecule has 2 aliphatic heterocycles. The minimum atomic E-state index is 0.113. The Balaban J connectivity index is 1.36. The predicted octanol–water partition coefficient (Wildman–Crippen LogP) is 2.91. The molecule has 2 fully saturated rings. The van der Waals surface area contributed by atoms with Crippen LogP contribution in [-0.4, -0.2) is 54.6 Å². The summed E-state index contributed by atoms with van der Waals surface area (Å²) in [6.07, 6.45) is 6.24. The van der Waals surface area contributed by atoms with Gasteiger partial charge in [0.15, 0.2) is 0 Å². The summed E-state index contributed by atoms with van der Waals surface area (Å²) in [4.78, 5) is 16.8. The van der Waals surface area contributed by atoms with Crippen LogP contribution in [-0.2, 0) is 6.42 Å². The zero-order chi connectivity index (χ0) is 16.8. The molecule has 0 aromatic heterocycles. The highest BCUT2D eigenvalue weighted by atomic mass is 16.2. The van der Waals surface area contributed by atoms with Crippen LogP contribution in [0.3, 0.4) is 0 Å². The third-order valence-corrected chi connectivity index (χ3v) is 5.32. The van der Waals surface area contributed by atoms with Gasteiger partial charge in [0.25, 0.3) is 0 Å². The third-order valence-electron chi connectivity index (χ3n) is 5.32. The zero-order valence-electron chi connectivity index (χ0n) is 14.5. The van der Waals surface area contributed by atoms with Gasteiger partial charge in [0.05, 0.1) is 0 Å². The van der Waals surface area contributed by atoms with E-state index in [2.05, 4.69) is 47.1 Å². The first-order chi connectivity index (χ1) is 11.7. The summed E-state index contributed by atoms with van der Waals surface area (Å²) < 4.78 is 0. The molecule has 0 spiro atoms. The van der Waals surface area contributed by atoms with Gasteiger partial charge in [-0.1, -0.05) is 36.4 Å². The van der Waals surface area contributed by atoms with Crippen molar-refractivity contribution in [1.82, 2.24) is 15.1 Å². The molecule has 2 heterocycles. The Bertz CT molecular complexity index is 537. The Morgan fingerprint density at radius 3 is 2.58 bits per heavy atom. The van der Waals surface area contributed by atoms with Crippen LogP contribution in [0, 0.1) is 5.92 Å². The minimum absolute atomic E-state index is 0.113. The van der Waals surface area contributed by atoms with E-state index in [1.807, 2.05) is 11.0 Å². The second-order valence-corrected chi connectivity index (χ2v) is 7.03. The number of carbonyl (C=O) groups is 1. The SMILES string of the molecule is C=CC1CCN(C(=O)NC2CCN(CCc3ccccc3)CC2)C1. The highest BCUT2D eigenvalue weighted by Crippen LogP contribution is 2.18. The molecule has 1 unspecified atom stereocenters. The summed E-state index contributed by atoms with van der Waals surface area (Å²) >= 11 is 0. The third kappa shape index (κ3) is 4.60. The molecule has 1 aromatic carbocycles. The average Bonchev–Trinajstić information content (AvgIpc) is 3.11. The van der Waals surface area contributed by atoms with Crippen LogP contribution < -0.4 is 5.32 Å². The topological polar surface area (TPSA) is 35.6 Å². The average molecular weight is 327 g/mol. The number of nitrogens with zero attached hydrogens (tertiary/aromatic N) is 2. The van der Waals surface area contributed by atoms with Crippen molar-refractivity contribution in [3.63, 3.8) is 0 Å². The first-order valence-corrected chi connectivity index (χ1v) is 9.19. The molecule has 1 atom stereocenters. The van der Waals surface area contributed by atoms with E-state index in [0.29, 0.717) is 12.0 Å². The summed E-state index contributed by atoms with van der Waals surface area (Å²) in [6, 6.07) is 11.1. The van der Waals surface area contributed by atoms with Crippen LogP contribution >= 0.6 is 0 Å². The van der Waals surface area contributed by atoms with Gasteiger partial charge in [-0.05, 0) is 37.2 Å². The van der Waals surface area contributed by atoms with Crippen molar-refractivity contribution < 1.29 is 4.79 Å². The molecule has 130 valence electrons. The van der Waals surface area contributed by atoms with Crippen LogP contribution in [0.2, 0.25) is 0 Å². The van der Waals surface area contributed by atoms with Crippen molar-refractivity contribution in [2.24, 2.45) is 5.92 Å². The van der Waals surface area contributed by atoms with E-state index in [-0.39, 0.29) is 6.03 Å². The fraction of sp³-hybridized carbons (Fsp3) is 0.550. The number of carbonyl (C=O) groups excluding carboxylic acids is 1. The number of piperidine rings is 1. The van der Waals surface area contributed by atoms with E-state index >= 15 is 0 Å². The number of rotatable bonds is 5. The molecule has 1 aromatic rings. The van der Waals surface area contributed by atoms with Crippen molar-refractivity contribution in [3.05, 3.63) is 48.6 Å². The van der Waals surface area contributed by atoms with Gasteiger partial charge >= 0.3 is 6.03 Å². The van der Waals surface area contributed by atoms with E-state index in [1.54, 1.807) is 0 Å². The normalized spacial score (nSPS) is 22.5. The molecule has 2 saturated heterocycles. The monoisotopic (exact) mass is 327 g/mol. The lowest BCUT2D eigenvalue weighted by Crippen LogP contribution is -2.49. The standard InChI is InChI=1S/C20H29N3O/c1-2-17-9-15-23(16-17)20(24)21-19-10-13-22(14-11-19)12-8-18-6-4-3-5-7-18/h2-7,17,19H,1,8-16H2,(H,21,24). The van der Waals surface area contributed by atoms with Crippen LogP contribution in [0.25, 0.3) is 0 Å². The first kappa shape index (κ1) is 17.0. The molecule has 24 heavy (non-hydrogen) atoms. The molecular formula is C20H29N3O. The second kappa shape index (κ2) is 8.34. The molecule has 0 radical (unpaired) electrons. The molecule has 0 bridgehead atoms. The lowest BCUT2D eigenvalue weighted by molar-refractivity contribution is 0.178. The molecule has 1 N–H and O–H groups in total. The fourth-order valence-electron chi connectivity index (χ4n) is 3.66. The summed E-state index contributed by atoms with van der Waals surface area (Å²) in [6.45, 7) is 8.78. The summed E-state index contributed by atoms with van der Waals surface area (Å²) in [7, 11) is 0. The van der Waals surface area contributed by atoms with Gasteiger partial charge in [0.2, 0.25) is 0 Å². The highest BCUT2D eigenvalue weighted by Gasteiger charge is 2.27. The molecular weight excluding hydrogens is 298 g/mol. The van der Waals surface area contributed by atoms with Crippen LogP contribution in [0.4, 0.5) is 4.79 Å². The van der Waals surface area contributed by atoms with Crippen molar-refractivity contribution in [2.45, 2.75) is 31.7 Å². The van der Waals surface area contributed by atoms with E-state index in [0.717, 1.165) is 58.4 Å². The minimum Gasteiger partial charge on any atom is -0.335 e. The molecule has 2 aliphatic rings. The maximum Gasteiger partial charge on any atom is 0.317 e. The number of urea groups is 1. The van der Waals surface area contributed by atoms with Crippen molar-refractivity contribution >= 4 is 6.03 Å². The molecule has 3 rings (SSSR count). The van der Waals surface area contributed by atoms with Gasteiger partial charge < -0.3 is 15.1 Å². The second-order valence-electron chi connectivity index (χ2n) is 7.03. The van der Waals surface area contributed by atoms with Gasteiger partial charge in [-0.25, -0.2) is 4.79 Å². The number of hydrogen-bond donors (Lipinski definition) is 1.